The van der Waals surface area contributed by atoms with E-state index in [-0.39, 0.29) is 4.90 Å². The van der Waals surface area contributed by atoms with Gasteiger partial charge < -0.3 is 10.2 Å². The third-order valence-electron chi connectivity index (χ3n) is 2.58. The lowest BCUT2D eigenvalue weighted by molar-refractivity contribution is 0.216. The highest BCUT2D eigenvalue weighted by molar-refractivity contribution is 7.92. The molecule has 1 atom stereocenters. The average molecular weight is 339 g/mol. The number of nitrogens with zero attached hydrogens (tertiary/aromatic N) is 1. The molecule has 8 heteroatoms. The number of hydrogen-bond acceptors (Lipinski definition) is 3. The number of nitrogens with one attached hydrogen (secondary N) is 1. The predicted molar refractivity (Wildman–Crippen MR) is 79.9 cm³/mol. The number of urea groups is 1. The fraction of sp³-hybridized carbons (Fsp3) is 0.417. The lowest BCUT2D eigenvalue weighted by Crippen LogP contribution is -2.48. The van der Waals surface area contributed by atoms with Crippen LogP contribution in [-0.2, 0) is 9.84 Å². The van der Waals surface area contributed by atoms with Crippen molar-refractivity contribution in [3.8, 4) is 0 Å². The van der Waals surface area contributed by atoms with Gasteiger partial charge in [-0.3, -0.25) is 0 Å². The summed E-state index contributed by atoms with van der Waals surface area (Å²) in [6.07, 6.45) is 0. The van der Waals surface area contributed by atoms with Crippen LogP contribution in [0.15, 0.2) is 29.2 Å². The van der Waals surface area contributed by atoms with Crippen molar-refractivity contribution in [3.05, 3.63) is 29.8 Å². The van der Waals surface area contributed by atoms with E-state index < -0.39 is 26.1 Å². The highest BCUT2D eigenvalue weighted by Crippen LogP contribution is 2.22. The highest BCUT2D eigenvalue weighted by Gasteiger charge is 2.34. The van der Waals surface area contributed by atoms with E-state index >= 15 is 0 Å². The Kier molecular flexibility index (Phi) is 5.68. The van der Waals surface area contributed by atoms with Crippen molar-refractivity contribution in [2.75, 3.05) is 14.1 Å². The van der Waals surface area contributed by atoms with Crippen molar-refractivity contribution in [1.82, 2.24) is 10.2 Å². The smallest absolute Gasteiger partial charge is 0.317 e. The Labute approximate surface area is 128 Å². The molecule has 0 aliphatic rings. The molecular formula is C12H16Cl2N2O3S. The average Bonchev–Trinajstić information content (AvgIpc) is 2.35. The van der Waals surface area contributed by atoms with Crippen molar-refractivity contribution in [3.63, 3.8) is 0 Å². The van der Waals surface area contributed by atoms with Crippen LogP contribution in [0.1, 0.15) is 5.56 Å². The van der Waals surface area contributed by atoms with Crippen molar-refractivity contribution in [1.29, 1.82) is 0 Å². The van der Waals surface area contributed by atoms with Gasteiger partial charge in [0, 0.05) is 14.1 Å². The molecule has 1 aromatic carbocycles. The van der Waals surface area contributed by atoms with E-state index in [0.29, 0.717) is 0 Å². The van der Waals surface area contributed by atoms with Crippen LogP contribution in [0.25, 0.3) is 0 Å². The van der Waals surface area contributed by atoms with Crippen LogP contribution in [0.4, 0.5) is 4.79 Å². The first kappa shape index (κ1) is 17.1. The maximum absolute atomic E-state index is 12.4. The fourth-order valence-corrected chi connectivity index (χ4v) is 3.68. The number of aryl methyl sites for hydroxylation is 1. The van der Waals surface area contributed by atoms with Crippen molar-refractivity contribution >= 4 is 39.1 Å². The quantitative estimate of drug-likeness (QED) is 0.855. The van der Waals surface area contributed by atoms with E-state index in [2.05, 4.69) is 5.32 Å². The molecular weight excluding hydrogens is 323 g/mol. The molecule has 0 saturated carbocycles. The second kappa shape index (κ2) is 6.65. The Hall–Kier alpha value is -0.980. The van der Waals surface area contributed by atoms with Crippen LogP contribution in [-0.4, -0.2) is 43.7 Å². The molecule has 0 aliphatic carbocycles. The Morgan fingerprint density at radius 2 is 1.70 bits per heavy atom. The molecule has 1 rings (SSSR count). The SMILES string of the molecule is Cc1ccc(S(=O)(=O)C(NC(=O)N(C)C)C(Cl)Cl)cc1. The summed E-state index contributed by atoms with van der Waals surface area (Å²) < 4.78 is 24.9. The second-order valence-electron chi connectivity index (χ2n) is 4.46. The van der Waals surface area contributed by atoms with Gasteiger partial charge in [0.2, 0.25) is 9.84 Å². The number of alkyl halides is 2. The molecule has 0 aromatic heterocycles. The number of hydrogen-bond donors (Lipinski definition) is 1. The summed E-state index contributed by atoms with van der Waals surface area (Å²) in [6.45, 7) is 1.84. The molecule has 1 unspecified atom stereocenters. The third kappa shape index (κ3) is 4.01. The van der Waals surface area contributed by atoms with E-state index in [0.717, 1.165) is 5.56 Å². The van der Waals surface area contributed by atoms with Crippen LogP contribution in [0.2, 0.25) is 0 Å². The van der Waals surface area contributed by atoms with Gasteiger partial charge in [0.1, 0.15) is 4.84 Å². The van der Waals surface area contributed by atoms with Crippen LogP contribution >= 0.6 is 23.2 Å². The van der Waals surface area contributed by atoms with Gasteiger partial charge in [-0.2, -0.15) is 0 Å². The first-order valence-electron chi connectivity index (χ1n) is 5.73. The maximum atomic E-state index is 12.4. The molecule has 1 N–H and O–H groups in total. The Morgan fingerprint density at radius 1 is 1.20 bits per heavy atom. The number of carbonyl (C=O) groups is 1. The lowest BCUT2D eigenvalue weighted by atomic mass is 10.2. The molecule has 112 valence electrons. The summed E-state index contributed by atoms with van der Waals surface area (Å²) in [6, 6.07) is 5.65. The molecule has 20 heavy (non-hydrogen) atoms. The highest BCUT2D eigenvalue weighted by atomic mass is 35.5. The number of rotatable bonds is 4. The lowest BCUT2D eigenvalue weighted by Gasteiger charge is -2.22. The predicted octanol–water partition coefficient (Wildman–Crippen LogP) is 2.17. The van der Waals surface area contributed by atoms with E-state index in [1.165, 1.54) is 31.1 Å². The van der Waals surface area contributed by atoms with Gasteiger partial charge in [0.25, 0.3) is 0 Å². The van der Waals surface area contributed by atoms with Crippen LogP contribution < -0.4 is 5.32 Å². The van der Waals surface area contributed by atoms with Crippen molar-refractivity contribution in [2.45, 2.75) is 22.0 Å². The van der Waals surface area contributed by atoms with E-state index in [4.69, 9.17) is 23.2 Å². The van der Waals surface area contributed by atoms with Gasteiger partial charge in [0.15, 0.2) is 5.37 Å². The zero-order valence-corrected chi connectivity index (χ0v) is 13.6. The van der Waals surface area contributed by atoms with Gasteiger partial charge in [-0.1, -0.05) is 17.7 Å². The summed E-state index contributed by atoms with van der Waals surface area (Å²) >= 11 is 11.4. The number of sulfone groups is 1. The Morgan fingerprint density at radius 3 is 2.10 bits per heavy atom. The molecule has 0 bridgehead atoms. The molecule has 1 aromatic rings. The number of benzene rings is 1. The van der Waals surface area contributed by atoms with Gasteiger partial charge in [-0.15, -0.1) is 23.2 Å². The zero-order valence-electron chi connectivity index (χ0n) is 11.3. The van der Waals surface area contributed by atoms with Gasteiger partial charge in [0.05, 0.1) is 4.90 Å². The van der Waals surface area contributed by atoms with Crippen LogP contribution in [0.3, 0.4) is 0 Å². The summed E-state index contributed by atoms with van der Waals surface area (Å²) in [5, 5.41) is 0.891. The fourth-order valence-electron chi connectivity index (χ4n) is 1.40. The summed E-state index contributed by atoms with van der Waals surface area (Å²) in [5.74, 6) is 0. The summed E-state index contributed by atoms with van der Waals surface area (Å²) in [5.41, 5.74) is 0.922. The number of carbonyl (C=O) groups excluding carboxylic acids is 1. The monoisotopic (exact) mass is 338 g/mol. The standard InChI is InChI=1S/C12H16Cl2N2O3S/c1-8-4-6-9(7-5-8)20(18,19)11(10(13)14)15-12(17)16(2)3/h4-7,10-11H,1-3H3,(H,15,17). The number of amides is 2. The van der Waals surface area contributed by atoms with Gasteiger partial charge in [-0.25, -0.2) is 13.2 Å². The minimum Gasteiger partial charge on any atom is -0.331 e. The molecule has 0 spiro atoms. The van der Waals surface area contributed by atoms with Crippen molar-refractivity contribution in [2.24, 2.45) is 0 Å². The zero-order chi connectivity index (χ0) is 15.5. The summed E-state index contributed by atoms with van der Waals surface area (Å²) in [7, 11) is -0.891. The minimum absolute atomic E-state index is 0.0541. The van der Waals surface area contributed by atoms with Gasteiger partial charge in [-0.05, 0) is 19.1 Å². The first-order valence-corrected chi connectivity index (χ1v) is 8.14. The second-order valence-corrected chi connectivity index (χ2v) is 7.69. The van der Waals surface area contributed by atoms with Crippen molar-refractivity contribution < 1.29 is 13.2 Å². The summed E-state index contributed by atoms with van der Waals surface area (Å²) in [4.78, 5) is 11.6. The maximum Gasteiger partial charge on any atom is 0.317 e. The Balaban J connectivity index is 3.13. The van der Waals surface area contributed by atoms with E-state index in [9.17, 15) is 13.2 Å². The molecule has 0 radical (unpaired) electrons. The molecule has 0 heterocycles. The third-order valence-corrected chi connectivity index (χ3v) is 5.38. The Bertz CT molecular complexity index is 571. The normalized spacial score (nSPS) is 13.1. The van der Waals surface area contributed by atoms with E-state index in [1.54, 1.807) is 12.1 Å². The van der Waals surface area contributed by atoms with Crippen LogP contribution in [0, 0.1) is 6.92 Å². The number of halogens is 2. The first-order chi connectivity index (χ1) is 9.16. The topological polar surface area (TPSA) is 66.5 Å². The molecule has 0 fully saturated rings. The molecule has 0 aliphatic heterocycles. The van der Waals surface area contributed by atoms with Crippen LogP contribution in [0.5, 0.6) is 0 Å². The minimum atomic E-state index is -3.87. The van der Waals surface area contributed by atoms with E-state index in [1.807, 2.05) is 6.92 Å². The molecule has 2 amide bonds. The largest absolute Gasteiger partial charge is 0.331 e. The molecule has 0 saturated heterocycles. The van der Waals surface area contributed by atoms with Gasteiger partial charge >= 0.3 is 6.03 Å². The molecule has 5 nitrogen and oxygen atoms in total.